The van der Waals surface area contributed by atoms with Gasteiger partial charge in [-0.2, -0.15) is 5.10 Å². The van der Waals surface area contributed by atoms with Gasteiger partial charge >= 0.3 is 5.97 Å². The molecule has 1 aromatic heterocycles. The van der Waals surface area contributed by atoms with Crippen molar-refractivity contribution in [3.05, 3.63) is 46.8 Å². The fraction of sp³-hybridized carbons (Fsp3) is 0.353. The zero-order chi connectivity index (χ0) is 17.1. The van der Waals surface area contributed by atoms with Crippen LogP contribution >= 0.6 is 0 Å². The summed E-state index contributed by atoms with van der Waals surface area (Å²) in [7, 11) is 0. The van der Waals surface area contributed by atoms with Crippen LogP contribution in [0, 0.1) is 26.7 Å². The van der Waals surface area contributed by atoms with Crippen LogP contribution in [0.4, 0.5) is 0 Å². The van der Waals surface area contributed by atoms with Crippen LogP contribution in [-0.2, 0) is 4.79 Å². The Balaban J connectivity index is 2.20. The normalized spacial score (nSPS) is 12.0. The lowest BCUT2D eigenvalue weighted by Gasteiger charge is -2.08. The van der Waals surface area contributed by atoms with Gasteiger partial charge in [0.2, 0.25) is 0 Å². The number of nitrogens with zero attached hydrogens (tertiary/aromatic N) is 2. The molecule has 1 amide bonds. The van der Waals surface area contributed by atoms with Crippen molar-refractivity contribution in [1.82, 2.24) is 15.1 Å². The Morgan fingerprint density at radius 3 is 2.35 bits per heavy atom. The van der Waals surface area contributed by atoms with E-state index in [0.29, 0.717) is 0 Å². The van der Waals surface area contributed by atoms with E-state index in [1.54, 1.807) is 17.7 Å². The molecular formula is C17H21N3O3. The standard InChI is InChI=1S/C17H21N3O3/c1-10-5-11(2)7-14(6-10)20-13(4)8-15(19-20)16(21)18-9-12(3)17(22)23/h5-8,12H,9H2,1-4H3,(H,18,21)(H,22,23). The van der Waals surface area contributed by atoms with E-state index in [-0.39, 0.29) is 18.1 Å². The van der Waals surface area contributed by atoms with Gasteiger partial charge in [-0.3, -0.25) is 9.59 Å². The Morgan fingerprint density at radius 2 is 1.78 bits per heavy atom. The highest BCUT2D eigenvalue weighted by molar-refractivity contribution is 5.92. The Labute approximate surface area is 135 Å². The van der Waals surface area contributed by atoms with Crippen molar-refractivity contribution in [2.45, 2.75) is 27.7 Å². The van der Waals surface area contributed by atoms with Crippen molar-refractivity contribution in [2.24, 2.45) is 5.92 Å². The molecule has 0 spiro atoms. The summed E-state index contributed by atoms with van der Waals surface area (Å²) >= 11 is 0. The highest BCUT2D eigenvalue weighted by Crippen LogP contribution is 2.16. The third kappa shape index (κ3) is 3.97. The fourth-order valence-corrected chi connectivity index (χ4v) is 2.34. The number of aliphatic carboxylic acids is 1. The summed E-state index contributed by atoms with van der Waals surface area (Å²) in [6.45, 7) is 7.51. The summed E-state index contributed by atoms with van der Waals surface area (Å²) in [5, 5.41) is 15.8. The largest absolute Gasteiger partial charge is 0.481 e. The molecule has 122 valence electrons. The van der Waals surface area contributed by atoms with E-state index >= 15 is 0 Å². The van der Waals surface area contributed by atoms with Gasteiger partial charge in [0.15, 0.2) is 5.69 Å². The maximum absolute atomic E-state index is 12.1. The van der Waals surface area contributed by atoms with Gasteiger partial charge in [0, 0.05) is 12.2 Å². The summed E-state index contributed by atoms with van der Waals surface area (Å²) in [5.74, 6) is -1.95. The number of hydrogen-bond acceptors (Lipinski definition) is 3. The van der Waals surface area contributed by atoms with E-state index in [1.165, 1.54) is 0 Å². The quantitative estimate of drug-likeness (QED) is 0.886. The number of carboxylic acids is 1. The topological polar surface area (TPSA) is 84.2 Å². The number of benzene rings is 1. The molecule has 6 heteroatoms. The first kappa shape index (κ1) is 16.7. The first-order chi connectivity index (χ1) is 10.8. The minimum Gasteiger partial charge on any atom is -0.481 e. The summed E-state index contributed by atoms with van der Waals surface area (Å²) in [6.07, 6.45) is 0. The molecule has 6 nitrogen and oxygen atoms in total. The summed E-state index contributed by atoms with van der Waals surface area (Å²) in [5.41, 5.74) is 4.26. The zero-order valence-electron chi connectivity index (χ0n) is 13.8. The molecule has 0 fully saturated rings. The number of carboxylic acid groups (broad SMARTS) is 1. The zero-order valence-corrected chi connectivity index (χ0v) is 13.8. The van der Waals surface area contributed by atoms with Crippen LogP contribution in [0.2, 0.25) is 0 Å². The average Bonchev–Trinajstić information content (AvgIpc) is 2.85. The van der Waals surface area contributed by atoms with Gasteiger partial charge in [0.1, 0.15) is 0 Å². The number of aryl methyl sites for hydroxylation is 3. The molecule has 0 aliphatic heterocycles. The van der Waals surface area contributed by atoms with Gasteiger partial charge in [-0.15, -0.1) is 0 Å². The molecule has 0 bridgehead atoms. The monoisotopic (exact) mass is 315 g/mol. The van der Waals surface area contributed by atoms with Crippen molar-refractivity contribution < 1.29 is 14.7 Å². The van der Waals surface area contributed by atoms with E-state index in [2.05, 4.69) is 16.5 Å². The molecule has 1 aromatic carbocycles. The van der Waals surface area contributed by atoms with Crippen molar-refractivity contribution in [3.63, 3.8) is 0 Å². The van der Waals surface area contributed by atoms with Crippen molar-refractivity contribution in [2.75, 3.05) is 6.54 Å². The van der Waals surface area contributed by atoms with Crippen LogP contribution in [0.25, 0.3) is 5.69 Å². The number of aromatic nitrogens is 2. The fourth-order valence-electron chi connectivity index (χ4n) is 2.34. The van der Waals surface area contributed by atoms with E-state index in [9.17, 15) is 9.59 Å². The number of nitrogens with one attached hydrogen (secondary N) is 1. The number of hydrogen-bond donors (Lipinski definition) is 2. The van der Waals surface area contributed by atoms with Gasteiger partial charge in [-0.05, 0) is 50.1 Å². The first-order valence-corrected chi connectivity index (χ1v) is 7.44. The summed E-state index contributed by atoms with van der Waals surface area (Å²) < 4.78 is 1.72. The Hall–Kier alpha value is -2.63. The van der Waals surface area contributed by atoms with Crippen LogP contribution in [-0.4, -0.2) is 33.3 Å². The minimum absolute atomic E-state index is 0.0730. The molecule has 0 aliphatic carbocycles. The van der Waals surface area contributed by atoms with Gasteiger partial charge in [0.25, 0.3) is 5.91 Å². The van der Waals surface area contributed by atoms with Crippen molar-refractivity contribution in [1.29, 1.82) is 0 Å². The van der Waals surface area contributed by atoms with Crippen LogP contribution in [0.5, 0.6) is 0 Å². The Morgan fingerprint density at radius 1 is 1.17 bits per heavy atom. The lowest BCUT2D eigenvalue weighted by Crippen LogP contribution is -2.31. The van der Waals surface area contributed by atoms with Crippen molar-refractivity contribution >= 4 is 11.9 Å². The molecule has 2 rings (SSSR count). The molecule has 1 atom stereocenters. The van der Waals surface area contributed by atoms with Gasteiger partial charge < -0.3 is 10.4 Å². The number of carbonyl (C=O) groups excluding carboxylic acids is 1. The Kier molecular flexibility index (Phi) is 4.83. The van der Waals surface area contributed by atoms with Gasteiger partial charge in [0.05, 0.1) is 11.6 Å². The minimum atomic E-state index is -0.942. The maximum atomic E-state index is 12.1. The van der Waals surface area contributed by atoms with Crippen LogP contribution in [0.15, 0.2) is 24.3 Å². The van der Waals surface area contributed by atoms with E-state index < -0.39 is 11.9 Å². The van der Waals surface area contributed by atoms with Crippen LogP contribution in [0.3, 0.4) is 0 Å². The van der Waals surface area contributed by atoms with E-state index in [1.807, 2.05) is 32.9 Å². The van der Waals surface area contributed by atoms with E-state index in [0.717, 1.165) is 22.5 Å². The molecule has 1 heterocycles. The lowest BCUT2D eigenvalue weighted by molar-refractivity contribution is -0.140. The molecular weight excluding hydrogens is 294 g/mol. The third-order valence-corrected chi connectivity index (χ3v) is 3.56. The maximum Gasteiger partial charge on any atom is 0.308 e. The predicted molar refractivity (Wildman–Crippen MR) is 86.9 cm³/mol. The molecule has 23 heavy (non-hydrogen) atoms. The number of rotatable bonds is 5. The van der Waals surface area contributed by atoms with E-state index in [4.69, 9.17) is 5.11 Å². The third-order valence-electron chi connectivity index (χ3n) is 3.56. The SMILES string of the molecule is Cc1cc(C)cc(-n2nc(C(=O)NCC(C)C(=O)O)cc2C)c1. The molecule has 0 aliphatic rings. The molecule has 0 saturated carbocycles. The Bertz CT molecular complexity index is 729. The first-order valence-electron chi connectivity index (χ1n) is 7.44. The highest BCUT2D eigenvalue weighted by atomic mass is 16.4. The second-order valence-corrected chi connectivity index (χ2v) is 5.88. The average molecular weight is 315 g/mol. The second kappa shape index (κ2) is 6.64. The molecule has 1 unspecified atom stereocenters. The van der Waals surface area contributed by atoms with Crippen molar-refractivity contribution in [3.8, 4) is 5.69 Å². The number of amides is 1. The van der Waals surface area contributed by atoms with Crippen LogP contribution < -0.4 is 5.32 Å². The lowest BCUT2D eigenvalue weighted by atomic mass is 10.1. The molecule has 2 aromatic rings. The molecule has 0 radical (unpaired) electrons. The molecule has 2 N–H and O–H groups in total. The summed E-state index contributed by atoms with van der Waals surface area (Å²) in [6, 6.07) is 7.77. The highest BCUT2D eigenvalue weighted by Gasteiger charge is 2.16. The molecule has 0 saturated heterocycles. The second-order valence-electron chi connectivity index (χ2n) is 5.88. The number of carbonyl (C=O) groups is 2. The van der Waals surface area contributed by atoms with Crippen LogP contribution in [0.1, 0.15) is 34.2 Å². The predicted octanol–water partition coefficient (Wildman–Crippen LogP) is 2.25. The smallest absolute Gasteiger partial charge is 0.308 e. The van der Waals surface area contributed by atoms with Gasteiger partial charge in [-0.25, -0.2) is 4.68 Å². The van der Waals surface area contributed by atoms with Gasteiger partial charge in [-0.1, -0.05) is 13.0 Å². The summed E-state index contributed by atoms with van der Waals surface area (Å²) in [4.78, 5) is 22.9.